The van der Waals surface area contributed by atoms with Crippen LogP contribution in [0.3, 0.4) is 0 Å². The van der Waals surface area contributed by atoms with E-state index >= 15 is 0 Å². The van der Waals surface area contributed by atoms with Gasteiger partial charge in [0.15, 0.2) is 0 Å². The molecule has 0 aromatic heterocycles. The first-order valence-corrected chi connectivity index (χ1v) is 4.47. The number of likely N-dealkylation sites (N-methyl/N-ethyl adjacent to an activating group) is 1. The van der Waals surface area contributed by atoms with Crippen LogP contribution in [-0.2, 0) is 9.59 Å². The van der Waals surface area contributed by atoms with Crippen molar-refractivity contribution in [1.82, 2.24) is 10.2 Å². The summed E-state index contributed by atoms with van der Waals surface area (Å²) in [6, 6.07) is -0.424. The van der Waals surface area contributed by atoms with Crippen molar-refractivity contribution in [2.75, 3.05) is 14.1 Å². The van der Waals surface area contributed by atoms with E-state index in [-0.39, 0.29) is 5.91 Å². The van der Waals surface area contributed by atoms with Crippen molar-refractivity contribution in [3.8, 4) is 0 Å². The monoisotopic (exact) mass is 201 g/mol. The lowest BCUT2D eigenvalue weighted by atomic mass is 10.0. The highest BCUT2D eigenvalue weighted by atomic mass is 16.2. The first-order chi connectivity index (χ1) is 6.18. The van der Waals surface area contributed by atoms with Crippen LogP contribution in [0.2, 0.25) is 0 Å². The van der Waals surface area contributed by atoms with E-state index in [2.05, 4.69) is 5.32 Å². The highest BCUT2D eigenvalue weighted by Crippen LogP contribution is 2.03. The van der Waals surface area contributed by atoms with Gasteiger partial charge in [-0.1, -0.05) is 0 Å². The fraction of sp³-hybridized carbons (Fsp3) is 0.778. The Morgan fingerprint density at radius 1 is 1.36 bits per heavy atom. The van der Waals surface area contributed by atoms with E-state index in [1.165, 1.54) is 4.90 Å². The van der Waals surface area contributed by atoms with Gasteiger partial charge in [0, 0.05) is 14.1 Å². The molecule has 0 aliphatic carbocycles. The van der Waals surface area contributed by atoms with Crippen LogP contribution in [0, 0.1) is 0 Å². The number of carbonyl (C=O) groups is 2. The number of nitrogens with zero attached hydrogens (tertiary/aromatic N) is 1. The summed E-state index contributed by atoms with van der Waals surface area (Å²) in [5, 5.41) is 2.87. The number of hydrogen-bond acceptors (Lipinski definition) is 3. The molecular weight excluding hydrogens is 182 g/mol. The molecule has 0 saturated carbocycles. The van der Waals surface area contributed by atoms with E-state index in [0.717, 1.165) is 0 Å². The van der Waals surface area contributed by atoms with Gasteiger partial charge in [-0.3, -0.25) is 14.9 Å². The maximum Gasteiger partial charge on any atom is 0.238 e. The molecule has 0 heterocycles. The van der Waals surface area contributed by atoms with E-state index in [0.29, 0.717) is 0 Å². The average Bonchev–Trinajstić information content (AvgIpc) is 2.01. The van der Waals surface area contributed by atoms with Crippen LogP contribution in [0.15, 0.2) is 0 Å². The lowest BCUT2D eigenvalue weighted by molar-refractivity contribution is -0.132. The molecule has 0 aromatic carbocycles. The molecule has 0 spiro atoms. The van der Waals surface area contributed by atoms with Crippen LogP contribution >= 0.6 is 0 Å². The molecule has 0 aliphatic rings. The van der Waals surface area contributed by atoms with Crippen molar-refractivity contribution in [1.29, 1.82) is 0 Å². The zero-order valence-electron chi connectivity index (χ0n) is 9.42. The molecule has 0 fully saturated rings. The second kappa shape index (κ2) is 4.41. The third kappa shape index (κ3) is 3.33. The number of nitrogens with two attached hydrogens (primary N) is 1. The van der Waals surface area contributed by atoms with Gasteiger partial charge in [-0.25, -0.2) is 0 Å². The molecule has 1 atom stereocenters. The first-order valence-electron chi connectivity index (χ1n) is 4.47. The summed E-state index contributed by atoms with van der Waals surface area (Å²) in [5.41, 5.74) is 4.30. The second-order valence-electron chi connectivity index (χ2n) is 4.09. The smallest absolute Gasteiger partial charge is 0.238 e. The molecular formula is C9H19N3O2. The molecule has 0 bridgehead atoms. The Labute approximate surface area is 84.6 Å². The largest absolute Gasteiger partial charge is 0.368 e. The van der Waals surface area contributed by atoms with Gasteiger partial charge in [0.25, 0.3) is 0 Å². The molecule has 0 saturated heterocycles. The first kappa shape index (κ1) is 12.9. The van der Waals surface area contributed by atoms with Crippen molar-refractivity contribution in [2.24, 2.45) is 5.73 Å². The van der Waals surface area contributed by atoms with Crippen LogP contribution in [0.5, 0.6) is 0 Å². The standard InChI is InChI=1S/C9H19N3O2/c1-6(7(13)12(4)5)11-9(2,3)8(10)14/h6,11H,1-5H3,(H2,10,14). The normalized spacial score (nSPS) is 13.5. The quantitative estimate of drug-likeness (QED) is 0.632. The molecule has 82 valence electrons. The molecule has 0 radical (unpaired) electrons. The van der Waals surface area contributed by atoms with Crippen molar-refractivity contribution < 1.29 is 9.59 Å². The summed E-state index contributed by atoms with van der Waals surface area (Å²) < 4.78 is 0. The molecule has 3 N–H and O–H groups in total. The topological polar surface area (TPSA) is 75.4 Å². The minimum absolute atomic E-state index is 0.0840. The Morgan fingerprint density at radius 2 is 1.79 bits per heavy atom. The number of nitrogens with one attached hydrogen (secondary N) is 1. The molecule has 5 nitrogen and oxygen atoms in total. The molecule has 0 aliphatic heterocycles. The number of rotatable bonds is 4. The number of primary amides is 1. The van der Waals surface area contributed by atoms with Crippen molar-refractivity contribution in [3.63, 3.8) is 0 Å². The minimum atomic E-state index is -0.870. The third-order valence-corrected chi connectivity index (χ3v) is 2.00. The Hall–Kier alpha value is -1.10. The second-order valence-corrected chi connectivity index (χ2v) is 4.09. The lowest BCUT2D eigenvalue weighted by Gasteiger charge is -2.27. The van der Waals surface area contributed by atoms with E-state index in [9.17, 15) is 9.59 Å². The lowest BCUT2D eigenvalue weighted by Crippen LogP contribution is -2.57. The van der Waals surface area contributed by atoms with Crippen LogP contribution in [0.25, 0.3) is 0 Å². The maximum atomic E-state index is 11.5. The zero-order valence-corrected chi connectivity index (χ0v) is 9.42. The predicted molar refractivity (Wildman–Crippen MR) is 54.6 cm³/mol. The summed E-state index contributed by atoms with van der Waals surface area (Å²) >= 11 is 0. The summed E-state index contributed by atoms with van der Waals surface area (Å²) in [6.45, 7) is 5.00. The third-order valence-electron chi connectivity index (χ3n) is 2.00. The van der Waals surface area contributed by atoms with Gasteiger partial charge in [0.05, 0.1) is 11.6 Å². The van der Waals surface area contributed by atoms with Crippen molar-refractivity contribution >= 4 is 11.8 Å². The van der Waals surface area contributed by atoms with E-state index in [1.807, 2.05) is 0 Å². The Morgan fingerprint density at radius 3 is 2.07 bits per heavy atom. The van der Waals surface area contributed by atoms with Gasteiger partial charge in [-0.05, 0) is 20.8 Å². The molecule has 2 amide bonds. The molecule has 0 aromatic rings. The SMILES string of the molecule is CC(NC(C)(C)C(N)=O)C(=O)N(C)C. The highest BCUT2D eigenvalue weighted by Gasteiger charge is 2.29. The summed E-state index contributed by atoms with van der Waals surface area (Å²) in [6.07, 6.45) is 0. The van der Waals surface area contributed by atoms with Crippen LogP contribution in [0.1, 0.15) is 20.8 Å². The van der Waals surface area contributed by atoms with Crippen LogP contribution < -0.4 is 11.1 Å². The zero-order chi connectivity index (χ0) is 11.5. The summed E-state index contributed by atoms with van der Waals surface area (Å²) in [4.78, 5) is 23.9. The Kier molecular flexibility index (Phi) is 4.07. The minimum Gasteiger partial charge on any atom is -0.368 e. The number of amides is 2. The summed E-state index contributed by atoms with van der Waals surface area (Å²) in [7, 11) is 3.33. The highest BCUT2D eigenvalue weighted by molar-refractivity contribution is 5.86. The fourth-order valence-corrected chi connectivity index (χ4v) is 1.06. The Bertz CT molecular complexity index is 236. The van der Waals surface area contributed by atoms with Crippen LogP contribution in [-0.4, -0.2) is 42.4 Å². The predicted octanol–water partition coefficient (Wildman–Crippen LogP) is -0.683. The van der Waals surface area contributed by atoms with E-state index < -0.39 is 17.5 Å². The number of carbonyl (C=O) groups excluding carboxylic acids is 2. The molecule has 14 heavy (non-hydrogen) atoms. The molecule has 5 heteroatoms. The van der Waals surface area contributed by atoms with Gasteiger partial charge < -0.3 is 10.6 Å². The van der Waals surface area contributed by atoms with E-state index in [1.54, 1.807) is 34.9 Å². The molecule has 1 unspecified atom stereocenters. The average molecular weight is 201 g/mol. The van der Waals surface area contributed by atoms with Gasteiger partial charge >= 0.3 is 0 Å². The van der Waals surface area contributed by atoms with Gasteiger partial charge in [0.1, 0.15) is 0 Å². The van der Waals surface area contributed by atoms with Gasteiger partial charge in [0.2, 0.25) is 11.8 Å². The van der Waals surface area contributed by atoms with Gasteiger partial charge in [-0.15, -0.1) is 0 Å². The fourth-order valence-electron chi connectivity index (χ4n) is 1.06. The van der Waals surface area contributed by atoms with Crippen molar-refractivity contribution in [3.05, 3.63) is 0 Å². The summed E-state index contributed by atoms with van der Waals surface area (Å²) in [5.74, 6) is -0.560. The Balaban J connectivity index is 4.39. The van der Waals surface area contributed by atoms with Gasteiger partial charge in [-0.2, -0.15) is 0 Å². The van der Waals surface area contributed by atoms with Crippen LogP contribution in [0.4, 0.5) is 0 Å². The van der Waals surface area contributed by atoms with E-state index in [4.69, 9.17) is 5.73 Å². The van der Waals surface area contributed by atoms with Crippen molar-refractivity contribution in [2.45, 2.75) is 32.4 Å². The maximum absolute atomic E-state index is 11.5. The molecule has 0 rings (SSSR count). The number of hydrogen-bond donors (Lipinski definition) is 2.